The Morgan fingerprint density at radius 1 is 1.50 bits per heavy atom. The van der Waals surface area contributed by atoms with E-state index in [4.69, 9.17) is 0 Å². The second-order valence-corrected chi connectivity index (χ2v) is 6.73. The Morgan fingerprint density at radius 3 is 2.62 bits per heavy atom. The summed E-state index contributed by atoms with van der Waals surface area (Å²) in [7, 11) is -3.20. The Labute approximate surface area is 102 Å². The third-order valence-electron chi connectivity index (χ3n) is 1.97. The van der Waals surface area contributed by atoms with Crippen molar-refractivity contribution in [1.29, 1.82) is 0 Å². The van der Waals surface area contributed by atoms with Gasteiger partial charge in [-0.15, -0.1) is 0 Å². The lowest BCUT2D eigenvalue weighted by Gasteiger charge is -2.10. The van der Waals surface area contributed by atoms with Gasteiger partial charge in [-0.1, -0.05) is 22.0 Å². The number of aliphatic hydroxyl groups excluding tert-OH is 1. The van der Waals surface area contributed by atoms with Gasteiger partial charge >= 0.3 is 0 Å². The molecule has 1 rings (SSSR count). The summed E-state index contributed by atoms with van der Waals surface area (Å²) < 4.78 is 35.2. The lowest BCUT2D eigenvalue weighted by Crippen LogP contribution is -2.22. The fourth-order valence-electron chi connectivity index (χ4n) is 1.35. The molecule has 0 bridgehead atoms. The van der Waals surface area contributed by atoms with Crippen molar-refractivity contribution in [2.75, 3.05) is 12.0 Å². The van der Waals surface area contributed by atoms with Crippen LogP contribution in [0.2, 0.25) is 0 Å². The van der Waals surface area contributed by atoms with Crippen LogP contribution in [0.3, 0.4) is 0 Å². The molecular weight excluding hydrogens is 299 g/mol. The first-order chi connectivity index (χ1) is 7.28. The lowest BCUT2D eigenvalue weighted by atomic mass is 10.1. The zero-order chi connectivity index (χ0) is 12.3. The summed E-state index contributed by atoms with van der Waals surface area (Å²) in [5.41, 5.74) is 0.678. The summed E-state index contributed by atoms with van der Waals surface area (Å²) in [5, 5.41) is 9.54. The number of sulfone groups is 1. The first kappa shape index (κ1) is 13.6. The van der Waals surface area contributed by atoms with E-state index in [9.17, 15) is 17.9 Å². The van der Waals surface area contributed by atoms with E-state index in [-0.39, 0.29) is 18.0 Å². The van der Waals surface area contributed by atoms with Crippen molar-refractivity contribution >= 4 is 25.8 Å². The summed E-state index contributed by atoms with van der Waals surface area (Å²) in [6, 6.07) is 4.07. The third kappa shape index (κ3) is 4.59. The molecule has 0 amide bonds. The minimum absolute atomic E-state index is 0.175. The molecule has 0 radical (unpaired) electrons. The predicted molar refractivity (Wildman–Crippen MR) is 63.5 cm³/mol. The minimum atomic E-state index is -3.20. The molecule has 3 nitrogen and oxygen atoms in total. The normalized spacial score (nSPS) is 13.8. The summed E-state index contributed by atoms with van der Waals surface area (Å²) >= 11 is 3.15. The average molecular weight is 311 g/mol. The molecule has 0 aromatic heterocycles. The summed E-state index contributed by atoms with van der Waals surface area (Å²) in [6.45, 7) is 0. The van der Waals surface area contributed by atoms with Gasteiger partial charge in [-0.2, -0.15) is 0 Å². The predicted octanol–water partition coefficient (Wildman–Crippen LogP) is 1.54. The van der Waals surface area contributed by atoms with Crippen LogP contribution in [0.4, 0.5) is 4.39 Å². The summed E-state index contributed by atoms with van der Waals surface area (Å²) in [4.78, 5) is 0. The lowest BCUT2D eigenvalue weighted by molar-refractivity contribution is 0.198. The van der Waals surface area contributed by atoms with Gasteiger partial charge in [-0.3, -0.25) is 0 Å². The molecule has 6 heteroatoms. The molecule has 1 aromatic rings. The molecule has 90 valence electrons. The van der Waals surface area contributed by atoms with Crippen molar-refractivity contribution in [2.24, 2.45) is 0 Å². The minimum Gasteiger partial charge on any atom is -0.392 e. The Hall–Kier alpha value is -0.460. The second-order valence-electron chi connectivity index (χ2n) is 3.69. The zero-order valence-corrected chi connectivity index (χ0v) is 11.1. The topological polar surface area (TPSA) is 54.4 Å². The van der Waals surface area contributed by atoms with Gasteiger partial charge in [0.25, 0.3) is 0 Å². The van der Waals surface area contributed by atoms with Crippen molar-refractivity contribution in [3.8, 4) is 0 Å². The van der Waals surface area contributed by atoms with Crippen LogP contribution in [0.1, 0.15) is 5.56 Å². The number of benzene rings is 1. The maximum absolute atomic E-state index is 12.8. The van der Waals surface area contributed by atoms with E-state index in [0.717, 1.165) is 6.26 Å². The highest BCUT2D eigenvalue weighted by molar-refractivity contribution is 9.10. The monoisotopic (exact) mass is 310 g/mol. The zero-order valence-electron chi connectivity index (χ0n) is 8.65. The maximum atomic E-state index is 12.8. The highest BCUT2D eigenvalue weighted by atomic mass is 79.9. The van der Waals surface area contributed by atoms with Crippen molar-refractivity contribution in [3.05, 3.63) is 34.1 Å². The smallest absolute Gasteiger partial charge is 0.150 e. The molecule has 0 aliphatic heterocycles. The molecule has 1 aromatic carbocycles. The molecule has 0 spiro atoms. The van der Waals surface area contributed by atoms with Gasteiger partial charge in [-0.25, -0.2) is 12.8 Å². The first-order valence-corrected chi connectivity index (χ1v) is 7.43. The molecule has 1 N–H and O–H groups in total. The quantitative estimate of drug-likeness (QED) is 0.917. The van der Waals surface area contributed by atoms with E-state index < -0.39 is 15.9 Å². The highest BCUT2D eigenvalue weighted by Gasteiger charge is 2.14. The Balaban J connectivity index is 2.73. The average Bonchev–Trinajstić information content (AvgIpc) is 2.06. The number of aliphatic hydroxyl groups is 1. The van der Waals surface area contributed by atoms with Crippen LogP contribution in [-0.2, 0) is 16.3 Å². The van der Waals surface area contributed by atoms with E-state index in [0.29, 0.717) is 10.0 Å². The van der Waals surface area contributed by atoms with Crippen LogP contribution in [0.25, 0.3) is 0 Å². The molecular formula is C10H12BrFO3S. The molecule has 0 aliphatic carbocycles. The van der Waals surface area contributed by atoms with Gasteiger partial charge in [0.2, 0.25) is 0 Å². The number of hydrogen-bond donors (Lipinski definition) is 1. The molecule has 1 unspecified atom stereocenters. The number of hydrogen-bond acceptors (Lipinski definition) is 3. The van der Waals surface area contributed by atoms with Gasteiger partial charge in [0.1, 0.15) is 15.7 Å². The largest absolute Gasteiger partial charge is 0.392 e. The van der Waals surface area contributed by atoms with Gasteiger partial charge in [-0.05, 0) is 17.7 Å². The van der Waals surface area contributed by atoms with E-state index >= 15 is 0 Å². The first-order valence-electron chi connectivity index (χ1n) is 4.57. The van der Waals surface area contributed by atoms with Gasteiger partial charge in [0.05, 0.1) is 11.9 Å². The molecule has 0 saturated carbocycles. The number of rotatable bonds is 4. The standard InChI is InChI=1S/C10H12BrFO3S/c1-16(14,15)6-9(13)4-7-2-3-8(12)5-10(7)11/h2-3,5,9,13H,4,6H2,1H3. The highest BCUT2D eigenvalue weighted by Crippen LogP contribution is 2.19. The molecule has 1 atom stereocenters. The van der Waals surface area contributed by atoms with Crippen molar-refractivity contribution in [2.45, 2.75) is 12.5 Å². The van der Waals surface area contributed by atoms with Crippen LogP contribution in [-0.4, -0.2) is 31.6 Å². The van der Waals surface area contributed by atoms with Crippen molar-refractivity contribution in [3.63, 3.8) is 0 Å². The van der Waals surface area contributed by atoms with Crippen LogP contribution in [0.5, 0.6) is 0 Å². The summed E-state index contributed by atoms with van der Waals surface area (Å²) in [5.74, 6) is -0.676. The SMILES string of the molecule is CS(=O)(=O)CC(O)Cc1ccc(F)cc1Br. The van der Waals surface area contributed by atoms with Crippen molar-refractivity contribution < 1.29 is 17.9 Å². The Kier molecular flexibility index (Phi) is 4.46. The Morgan fingerprint density at radius 2 is 2.12 bits per heavy atom. The Bertz CT molecular complexity index is 473. The fraction of sp³-hybridized carbons (Fsp3) is 0.400. The van der Waals surface area contributed by atoms with Crippen LogP contribution >= 0.6 is 15.9 Å². The number of halogens is 2. The molecule has 0 saturated heterocycles. The van der Waals surface area contributed by atoms with E-state index in [1.54, 1.807) is 0 Å². The van der Waals surface area contributed by atoms with E-state index in [2.05, 4.69) is 15.9 Å². The second kappa shape index (κ2) is 5.25. The van der Waals surface area contributed by atoms with Crippen LogP contribution in [0, 0.1) is 5.82 Å². The van der Waals surface area contributed by atoms with E-state index in [1.165, 1.54) is 18.2 Å². The van der Waals surface area contributed by atoms with E-state index in [1.807, 2.05) is 0 Å². The van der Waals surface area contributed by atoms with Gasteiger partial charge < -0.3 is 5.11 Å². The fourth-order valence-corrected chi connectivity index (χ4v) is 2.68. The van der Waals surface area contributed by atoms with Gasteiger partial charge in [0.15, 0.2) is 0 Å². The molecule has 0 fully saturated rings. The maximum Gasteiger partial charge on any atom is 0.150 e. The molecule has 0 heterocycles. The van der Waals surface area contributed by atoms with Crippen molar-refractivity contribution in [1.82, 2.24) is 0 Å². The molecule has 0 aliphatic rings. The van der Waals surface area contributed by atoms with Crippen LogP contribution in [0.15, 0.2) is 22.7 Å². The summed E-state index contributed by atoms with van der Waals surface area (Å²) in [6.07, 6.45) is 0.265. The third-order valence-corrected chi connectivity index (χ3v) is 3.69. The molecule has 16 heavy (non-hydrogen) atoms. The van der Waals surface area contributed by atoms with Crippen LogP contribution < -0.4 is 0 Å². The van der Waals surface area contributed by atoms with Gasteiger partial charge in [0, 0.05) is 17.1 Å².